The average Bonchev–Trinajstić information content (AvgIpc) is 3.00. The first-order chi connectivity index (χ1) is 8.72. The van der Waals surface area contributed by atoms with Gasteiger partial charge in [-0.2, -0.15) is 0 Å². The average molecular weight is 262 g/mol. The molecule has 18 heavy (non-hydrogen) atoms. The molecule has 0 saturated heterocycles. The number of rotatable bonds is 3. The van der Waals surface area contributed by atoms with E-state index in [0.29, 0.717) is 18.4 Å². The van der Waals surface area contributed by atoms with Gasteiger partial charge in [-0.3, -0.25) is 4.79 Å². The predicted octanol–water partition coefficient (Wildman–Crippen LogP) is 3.17. The van der Waals surface area contributed by atoms with Crippen molar-refractivity contribution < 1.29 is 4.79 Å². The number of hydrogen-bond acceptors (Lipinski definition) is 1. The van der Waals surface area contributed by atoms with Crippen LogP contribution < -0.4 is 5.32 Å². The maximum Gasteiger partial charge on any atom is 0.223 e. The van der Waals surface area contributed by atoms with Crippen molar-refractivity contribution in [2.75, 3.05) is 0 Å². The molecule has 1 aromatic rings. The second-order valence-electron chi connectivity index (χ2n) is 5.23. The lowest BCUT2D eigenvalue weighted by molar-refractivity contribution is -0.125. The summed E-state index contributed by atoms with van der Waals surface area (Å²) in [6.07, 6.45) is 6.65. The SMILES string of the molecule is O=C(NCc1ccc(Cl)cc1)C1CC2C=CC1C2. The van der Waals surface area contributed by atoms with E-state index < -0.39 is 0 Å². The Bertz CT molecular complexity index is 480. The van der Waals surface area contributed by atoms with Crippen molar-refractivity contribution >= 4 is 17.5 Å². The van der Waals surface area contributed by atoms with Crippen LogP contribution in [-0.2, 0) is 11.3 Å². The zero-order valence-corrected chi connectivity index (χ0v) is 10.9. The molecule has 0 spiro atoms. The molecule has 2 nitrogen and oxygen atoms in total. The zero-order valence-electron chi connectivity index (χ0n) is 10.1. The van der Waals surface area contributed by atoms with Gasteiger partial charge in [-0.1, -0.05) is 35.9 Å². The number of nitrogens with one attached hydrogen (secondary N) is 1. The molecule has 0 aliphatic heterocycles. The lowest BCUT2D eigenvalue weighted by Crippen LogP contribution is -2.32. The van der Waals surface area contributed by atoms with E-state index >= 15 is 0 Å². The van der Waals surface area contributed by atoms with Gasteiger partial charge in [0.15, 0.2) is 0 Å². The molecule has 94 valence electrons. The van der Waals surface area contributed by atoms with Crippen LogP contribution >= 0.6 is 11.6 Å². The molecule has 3 atom stereocenters. The number of amides is 1. The predicted molar refractivity (Wildman–Crippen MR) is 72.1 cm³/mol. The molecule has 3 heteroatoms. The Labute approximate surface area is 112 Å². The van der Waals surface area contributed by atoms with Gasteiger partial charge in [-0.05, 0) is 42.4 Å². The molecule has 1 saturated carbocycles. The molecule has 1 amide bonds. The van der Waals surface area contributed by atoms with Crippen molar-refractivity contribution in [3.63, 3.8) is 0 Å². The molecule has 2 aliphatic rings. The summed E-state index contributed by atoms with van der Waals surface area (Å²) in [6, 6.07) is 7.60. The highest BCUT2D eigenvalue weighted by molar-refractivity contribution is 6.30. The molecule has 3 rings (SSSR count). The van der Waals surface area contributed by atoms with Crippen LogP contribution in [0, 0.1) is 17.8 Å². The second-order valence-corrected chi connectivity index (χ2v) is 5.67. The number of carbonyl (C=O) groups is 1. The van der Waals surface area contributed by atoms with E-state index in [9.17, 15) is 4.79 Å². The normalized spacial score (nSPS) is 28.6. The van der Waals surface area contributed by atoms with E-state index in [4.69, 9.17) is 11.6 Å². The van der Waals surface area contributed by atoms with Crippen molar-refractivity contribution in [3.05, 3.63) is 47.0 Å². The Morgan fingerprint density at radius 3 is 2.61 bits per heavy atom. The molecular weight excluding hydrogens is 246 g/mol. The molecule has 0 heterocycles. The Balaban J connectivity index is 1.56. The van der Waals surface area contributed by atoms with E-state index in [-0.39, 0.29) is 11.8 Å². The number of carbonyl (C=O) groups excluding carboxylic acids is 1. The minimum Gasteiger partial charge on any atom is -0.352 e. The number of allylic oxidation sites excluding steroid dienone is 2. The van der Waals surface area contributed by atoms with Crippen molar-refractivity contribution in [3.8, 4) is 0 Å². The molecule has 1 aromatic carbocycles. The summed E-state index contributed by atoms with van der Waals surface area (Å²) in [7, 11) is 0. The van der Waals surface area contributed by atoms with Crippen molar-refractivity contribution in [1.29, 1.82) is 0 Å². The molecule has 2 aliphatic carbocycles. The molecular formula is C15H16ClNO. The van der Waals surface area contributed by atoms with Crippen LogP contribution in [0.2, 0.25) is 5.02 Å². The maximum atomic E-state index is 12.1. The van der Waals surface area contributed by atoms with Gasteiger partial charge >= 0.3 is 0 Å². The first-order valence-corrected chi connectivity index (χ1v) is 6.80. The summed E-state index contributed by atoms with van der Waals surface area (Å²) in [6.45, 7) is 0.591. The van der Waals surface area contributed by atoms with Crippen LogP contribution in [0.5, 0.6) is 0 Å². The van der Waals surface area contributed by atoms with Gasteiger partial charge in [-0.15, -0.1) is 0 Å². The summed E-state index contributed by atoms with van der Waals surface area (Å²) in [4.78, 5) is 12.1. The Kier molecular flexibility index (Phi) is 3.13. The van der Waals surface area contributed by atoms with Crippen LogP contribution in [0.4, 0.5) is 0 Å². The monoisotopic (exact) mass is 261 g/mol. The van der Waals surface area contributed by atoms with Crippen molar-refractivity contribution in [2.45, 2.75) is 19.4 Å². The fourth-order valence-corrected chi connectivity index (χ4v) is 3.13. The summed E-state index contributed by atoms with van der Waals surface area (Å²) in [5.41, 5.74) is 1.09. The smallest absolute Gasteiger partial charge is 0.223 e. The lowest BCUT2D eigenvalue weighted by atomic mass is 9.93. The minimum atomic E-state index is 0.187. The molecule has 3 unspecified atom stereocenters. The van der Waals surface area contributed by atoms with Crippen LogP contribution in [0.25, 0.3) is 0 Å². The number of benzene rings is 1. The van der Waals surface area contributed by atoms with Crippen molar-refractivity contribution in [2.24, 2.45) is 17.8 Å². The molecule has 1 N–H and O–H groups in total. The summed E-state index contributed by atoms with van der Waals surface area (Å²) in [5.74, 6) is 1.50. The third kappa shape index (κ3) is 2.30. The maximum absolute atomic E-state index is 12.1. The quantitative estimate of drug-likeness (QED) is 0.832. The fraction of sp³-hybridized carbons (Fsp3) is 0.400. The van der Waals surface area contributed by atoms with Crippen LogP contribution in [-0.4, -0.2) is 5.91 Å². The van der Waals surface area contributed by atoms with E-state index in [1.807, 2.05) is 24.3 Å². The highest BCUT2D eigenvalue weighted by Gasteiger charge is 2.39. The zero-order chi connectivity index (χ0) is 12.5. The van der Waals surface area contributed by atoms with Gasteiger partial charge in [-0.25, -0.2) is 0 Å². The van der Waals surface area contributed by atoms with Gasteiger partial charge in [0, 0.05) is 17.5 Å². The third-order valence-corrected chi connectivity index (χ3v) is 4.25. The van der Waals surface area contributed by atoms with Gasteiger partial charge in [0.05, 0.1) is 0 Å². The standard InChI is InChI=1S/C15H16ClNO/c16-13-5-2-10(3-6-13)9-17-15(18)14-8-11-1-4-12(14)7-11/h1-6,11-12,14H,7-9H2,(H,17,18). The van der Waals surface area contributed by atoms with Gasteiger partial charge in [0.25, 0.3) is 0 Å². The number of halogens is 1. The van der Waals surface area contributed by atoms with Crippen LogP contribution in [0.1, 0.15) is 18.4 Å². The van der Waals surface area contributed by atoms with Gasteiger partial charge in [0.1, 0.15) is 0 Å². The topological polar surface area (TPSA) is 29.1 Å². The van der Waals surface area contributed by atoms with Crippen LogP contribution in [0.15, 0.2) is 36.4 Å². The number of fused-ring (bicyclic) bond motifs is 2. The Morgan fingerprint density at radius 1 is 1.22 bits per heavy atom. The van der Waals surface area contributed by atoms with Crippen molar-refractivity contribution in [1.82, 2.24) is 5.32 Å². The fourth-order valence-electron chi connectivity index (χ4n) is 3.00. The Morgan fingerprint density at radius 2 is 2.00 bits per heavy atom. The summed E-state index contributed by atoms with van der Waals surface area (Å²) >= 11 is 5.83. The van der Waals surface area contributed by atoms with E-state index in [1.165, 1.54) is 6.42 Å². The lowest BCUT2D eigenvalue weighted by Gasteiger charge is -2.17. The van der Waals surface area contributed by atoms with E-state index in [1.54, 1.807) is 0 Å². The Hall–Kier alpha value is -1.28. The first kappa shape index (κ1) is 11.8. The molecule has 0 aromatic heterocycles. The second kappa shape index (κ2) is 4.77. The highest BCUT2D eigenvalue weighted by atomic mass is 35.5. The highest BCUT2D eigenvalue weighted by Crippen LogP contribution is 2.43. The van der Waals surface area contributed by atoms with Gasteiger partial charge in [0.2, 0.25) is 5.91 Å². The molecule has 1 fully saturated rings. The van der Waals surface area contributed by atoms with Gasteiger partial charge < -0.3 is 5.32 Å². The summed E-state index contributed by atoms with van der Waals surface area (Å²) < 4.78 is 0. The summed E-state index contributed by atoms with van der Waals surface area (Å²) in [5, 5.41) is 3.75. The number of hydrogen-bond donors (Lipinski definition) is 1. The first-order valence-electron chi connectivity index (χ1n) is 6.43. The van der Waals surface area contributed by atoms with Crippen LogP contribution in [0.3, 0.4) is 0 Å². The molecule has 0 radical (unpaired) electrons. The third-order valence-electron chi connectivity index (χ3n) is 4.00. The molecule has 2 bridgehead atoms. The minimum absolute atomic E-state index is 0.187. The van der Waals surface area contributed by atoms with E-state index in [2.05, 4.69) is 17.5 Å². The van der Waals surface area contributed by atoms with E-state index in [0.717, 1.165) is 17.0 Å². The largest absolute Gasteiger partial charge is 0.352 e.